The molecule has 3 rings (SSSR count). The molecule has 2 N–H and O–H groups in total. The van der Waals surface area contributed by atoms with Crippen molar-refractivity contribution in [3.05, 3.63) is 35.6 Å². The zero-order valence-corrected chi connectivity index (χ0v) is 13.9. The van der Waals surface area contributed by atoms with Crippen LogP contribution in [0.4, 0.5) is 9.18 Å². The van der Waals surface area contributed by atoms with E-state index in [1.807, 2.05) is 6.92 Å². The minimum atomic E-state index is -0.587. The summed E-state index contributed by atoms with van der Waals surface area (Å²) >= 11 is 0. The van der Waals surface area contributed by atoms with E-state index in [1.165, 1.54) is 23.2 Å². The molecule has 2 heterocycles. The maximum Gasteiger partial charge on any atom is 0.325 e. The first-order valence-electron chi connectivity index (χ1n) is 7.98. The molecule has 25 heavy (non-hydrogen) atoms. The van der Waals surface area contributed by atoms with Gasteiger partial charge in [0.1, 0.15) is 5.82 Å². The Hall–Kier alpha value is -2.97. The summed E-state index contributed by atoms with van der Waals surface area (Å²) in [5, 5.41) is 6.44. The fourth-order valence-electron chi connectivity index (χ4n) is 2.82. The van der Waals surface area contributed by atoms with E-state index in [2.05, 4.69) is 20.8 Å². The van der Waals surface area contributed by atoms with Crippen LogP contribution >= 0.6 is 0 Å². The maximum absolute atomic E-state index is 12.9. The molecule has 8 nitrogen and oxygen atoms in total. The Morgan fingerprint density at radius 1 is 1.36 bits per heavy atom. The van der Waals surface area contributed by atoms with Crippen LogP contribution in [-0.2, 0) is 4.79 Å². The van der Waals surface area contributed by atoms with Gasteiger partial charge in [0.05, 0.1) is 6.21 Å². The number of rotatable bonds is 4. The number of guanidine groups is 1. The lowest BCUT2D eigenvalue weighted by atomic mass is 10.1. The molecule has 0 saturated carbocycles. The lowest BCUT2D eigenvalue weighted by Gasteiger charge is -2.35. The van der Waals surface area contributed by atoms with Gasteiger partial charge in [-0.1, -0.05) is 19.1 Å². The Balaban J connectivity index is 1.77. The highest BCUT2D eigenvalue weighted by Gasteiger charge is 2.48. The van der Waals surface area contributed by atoms with Gasteiger partial charge in [-0.2, -0.15) is 5.10 Å². The van der Waals surface area contributed by atoms with E-state index in [0.717, 1.165) is 12.0 Å². The maximum atomic E-state index is 12.9. The summed E-state index contributed by atoms with van der Waals surface area (Å²) in [5.41, 5.74) is 3.55. The van der Waals surface area contributed by atoms with E-state index >= 15 is 0 Å². The summed E-state index contributed by atoms with van der Waals surface area (Å²) in [7, 11) is 1.60. The van der Waals surface area contributed by atoms with Gasteiger partial charge in [0, 0.05) is 13.6 Å². The molecule has 2 atom stereocenters. The quantitative estimate of drug-likeness (QED) is 0.621. The number of nitrogens with one attached hydrogen (secondary N) is 2. The summed E-state index contributed by atoms with van der Waals surface area (Å²) in [6.45, 7) is 2.58. The van der Waals surface area contributed by atoms with Gasteiger partial charge >= 0.3 is 6.03 Å². The van der Waals surface area contributed by atoms with Crippen LogP contribution in [0.2, 0.25) is 0 Å². The number of hydrogen-bond acceptors (Lipinski definition) is 6. The third kappa shape index (κ3) is 3.30. The molecule has 2 aliphatic rings. The number of urea groups is 1. The molecular weight excluding hydrogens is 327 g/mol. The van der Waals surface area contributed by atoms with Gasteiger partial charge in [-0.15, -0.1) is 0 Å². The highest BCUT2D eigenvalue weighted by Crippen LogP contribution is 2.23. The lowest BCUT2D eigenvalue weighted by molar-refractivity contribution is -0.127. The summed E-state index contributed by atoms with van der Waals surface area (Å²) < 4.78 is 12.9. The van der Waals surface area contributed by atoms with E-state index in [9.17, 15) is 14.0 Å². The molecule has 2 unspecified atom stereocenters. The first kappa shape index (κ1) is 16.9. The van der Waals surface area contributed by atoms with Crippen LogP contribution in [0, 0.1) is 5.82 Å². The van der Waals surface area contributed by atoms with Crippen LogP contribution in [-0.4, -0.2) is 59.7 Å². The Morgan fingerprint density at radius 2 is 2.08 bits per heavy atom. The lowest BCUT2D eigenvalue weighted by Crippen LogP contribution is -2.64. The van der Waals surface area contributed by atoms with Crippen molar-refractivity contribution < 1.29 is 14.0 Å². The van der Waals surface area contributed by atoms with E-state index in [-0.39, 0.29) is 11.7 Å². The third-order valence-corrected chi connectivity index (χ3v) is 4.07. The van der Waals surface area contributed by atoms with Crippen LogP contribution in [0.15, 0.2) is 34.4 Å². The van der Waals surface area contributed by atoms with Crippen molar-refractivity contribution in [2.24, 2.45) is 10.1 Å². The van der Waals surface area contributed by atoms with Gasteiger partial charge in [0.15, 0.2) is 12.2 Å². The molecule has 132 valence electrons. The number of benzene rings is 1. The number of hydrazone groups is 1. The average molecular weight is 346 g/mol. The molecule has 1 aromatic rings. The number of likely N-dealkylation sites (N-methyl/N-ethyl adjacent to an activating group) is 1. The van der Waals surface area contributed by atoms with Crippen LogP contribution < -0.4 is 10.7 Å². The number of fused-ring (bicyclic) bond motifs is 1. The van der Waals surface area contributed by atoms with Crippen molar-refractivity contribution in [2.45, 2.75) is 25.6 Å². The van der Waals surface area contributed by atoms with Crippen molar-refractivity contribution in [1.82, 2.24) is 20.5 Å². The van der Waals surface area contributed by atoms with Crippen LogP contribution in [0.3, 0.4) is 0 Å². The highest BCUT2D eigenvalue weighted by molar-refractivity contribution is 6.03. The molecule has 0 radical (unpaired) electrons. The summed E-state index contributed by atoms with van der Waals surface area (Å²) in [6, 6.07) is 4.84. The number of aliphatic imine (C=N–C) groups is 1. The zero-order chi connectivity index (χ0) is 18.0. The Morgan fingerprint density at radius 3 is 2.76 bits per heavy atom. The number of hydrogen-bond donors (Lipinski definition) is 2. The average Bonchev–Trinajstić information content (AvgIpc) is 2.94. The number of halogens is 1. The smallest absolute Gasteiger partial charge is 0.325 e. The van der Waals surface area contributed by atoms with Crippen molar-refractivity contribution in [2.75, 3.05) is 13.6 Å². The number of carbonyl (C=O) groups is 2. The largest absolute Gasteiger partial charge is 0.326 e. The second-order valence-electron chi connectivity index (χ2n) is 5.83. The molecule has 2 aliphatic heterocycles. The summed E-state index contributed by atoms with van der Waals surface area (Å²) in [6.07, 6.45) is 1.75. The molecule has 0 aromatic heterocycles. The Kier molecular flexibility index (Phi) is 4.64. The van der Waals surface area contributed by atoms with Gasteiger partial charge in [0.2, 0.25) is 5.96 Å². The van der Waals surface area contributed by atoms with Crippen LogP contribution in [0.1, 0.15) is 18.9 Å². The van der Waals surface area contributed by atoms with E-state index in [4.69, 9.17) is 0 Å². The monoisotopic (exact) mass is 346 g/mol. The van der Waals surface area contributed by atoms with Crippen molar-refractivity contribution in [1.29, 1.82) is 0 Å². The molecule has 3 amide bonds. The van der Waals surface area contributed by atoms with E-state index in [0.29, 0.717) is 12.5 Å². The zero-order valence-electron chi connectivity index (χ0n) is 13.9. The summed E-state index contributed by atoms with van der Waals surface area (Å²) in [5.74, 6) is -0.265. The van der Waals surface area contributed by atoms with Gasteiger partial charge in [-0.3, -0.25) is 10.1 Å². The fourth-order valence-corrected chi connectivity index (χ4v) is 2.82. The summed E-state index contributed by atoms with van der Waals surface area (Å²) in [4.78, 5) is 31.6. The molecule has 1 aromatic carbocycles. The van der Waals surface area contributed by atoms with Crippen molar-refractivity contribution in [3.8, 4) is 0 Å². The van der Waals surface area contributed by atoms with E-state index < -0.39 is 18.2 Å². The predicted molar refractivity (Wildman–Crippen MR) is 90.4 cm³/mol. The van der Waals surface area contributed by atoms with Gasteiger partial charge in [-0.25, -0.2) is 19.6 Å². The van der Waals surface area contributed by atoms with Gasteiger partial charge < -0.3 is 9.80 Å². The standard InChI is InChI=1S/C16H19FN6O2/c1-3-8-23-12-13(22(2)16(25)20-14(12)24)19-15(23)21-18-9-10-4-6-11(17)7-5-10/h4-7,9,12-13H,3,8H2,1-2H3,(H,19,21)(H,20,24,25)/b18-9+. The fraction of sp³-hybridized carbons (Fsp3) is 0.375. The van der Waals surface area contributed by atoms with Gasteiger partial charge in [-0.05, 0) is 24.1 Å². The topological polar surface area (TPSA) is 89.4 Å². The third-order valence-electron chi connectivity index (χ3n) is 4.07. The first-order chi connectivity index (χ1) is 12.0. The first-order valence-corrected chi connectivity index (χ1v) is 7.98. The number of nitrogens with zero attached hydrogens (tertiary/aromatic N) is 4. The SMILES string of the molecule is CCCN1C(N/N=C/c2ccc(F)cc2)=NC2C1C(=O)NC(=O)N2C. The molecule has 0 bridgehead atoms. The highest BCUT2D eigenvalue weighted by atomic mass is 19.1. The second kappa shape index (κ2) is 6.88. The number of amides is 3. The molecule has 9 heteroatoms. The van der Waals surface area contributed by atoms with Crippen molar-refractivity contribution in [3.63, 3.8) is 0 Å². The van der Waals surface area contributed by atoms with Crippen LogP contribution in [0.25, 0.3) is 0 Å². The number of imide groups is 1. The van der Waals surface area contributed by atoms with Crippen LogP contribution in [0.5, 0.6) is 0 Å². The normalized spacial score (nSPS) is 22.9. The molecule has 0 aliphatic carbocycles. The van der Waals surface area contributed by atoms with Crippen molar-refractivity contribution >= 4 is 24.1 Å². The molecule has 1 saturated heterocycles. The predicted octanol–water partition coefficient (Wildman–Crippen LogP) is 0.707. The second-order valence-corrected chi connectivity index (χ2v) is 5.83. The van der Waals surface area contributed by atoms with E-state index in [1.54, 1.807) is 24.1 Å². The Bertz CT molecular complexity index is 733. The number of carbonyl (C=O) groups excluding carboxylic acids is 2. The Labute approximate surface area is 144 Å². The van der Waals surface area contributed by atoms with Gasteiger partial charge in [0.25, 0.3) is 5.91 Å². The molecular formula is C16H19FN6O2. The minimum absolute atomic E-state index is 0.317. The molecule has 0 spiro atoms. The molecule has 1 fully saturated rings. The minimum Gasteiger partial charge on any atom is -0.326 e.